The van der Waals surface area contributed by atoms with Crippen molar-refractivity contribution in [3.05, 3.63) is 29.3 Å². The first-order valence-corrected chi connectivity index (χ1v) is 8.99. The molecule has 1 atom stereocenters. The first kappa shape index (κ1) is 16.2. The van der Waals surface area contributed by atoms with Gasteiger partial charge in [-0.1, -0.05) is 12.1 Å². The highest BCUT2D eigenvalue weighted by molar-refractivity contribution is 6.62. The largest absolute Gasteiger partial charge is 0.494 e. The maximum Gasteiger partial charge on any atom is 0.494 e. The summed E-state index contributed by atoms with van der Waals surface area (Å²) in [4.78, 5) is 14.7. The summed E-state index contributed by atoms with van der Waals surface area (Å²) in [6, 6.07) is 6.35. The highest BCUT2D eigenvalue weighted by Crippen LogP contribution is 2.39. The van der Waals surface area contributed by atoms with Crippen molar-refractivity contribution < 1.29 is 14.1 Å². The Morgan fingerprint density at radius 1 is 1.17 bits per heavy atom. The molecule has 0 aromatic heterocycles. The van der Waals surface area contributed by atoms with Gasteiger partial charge in [0.15, 0.2) is 0 Å². The Morgan fingerprint density at radius 3 is 2.38 bits per heavy atom. The van der Waals surface area contributed by atoms with Crippen molar-refractivity contribution >= 4 is 18.5 Å². The molecule has 1 aliphatic carbocycles. The molecule has 1 amide bonds. The lowest BCUT2D eigenvalue weighted by molar-refractivity contribution is 0.00578. The van der Waals surface area contributed by atoms with E-state index < -0.39 is 0 Å². The van der Waals surface area contributed by atoms with Crippen LogP contribution in [-0.4, -0.2) is 35.2 Å². The quantitative estimate of drug-likeness (QED) is 0.802. The van der Waals surface area contributed by atoms with Gasteiger partial charge in [-0.3, -0.25) is 4.79 Å². The van der Waals surface area contributed by atoms with E-state index in [1.165, 1.54) is 12.8 Å². The Morgan fingerprint density at radius 2 is 1.79 bits per heavy atom. The molecular formula is C19H26BNO3. The molecule has 24 heavy (non-hydrogen) atoms. The minimum Gasteiger partial charge on any atom is -0.399 e. The van der Waals surface area contributed by atoms with Crippen LogP contribution in [0.3, 0.4) is 0 Å². The second-order valence-corrected chi connectivity index (χ2v) is 8.52. The van der Waals surface area contributed by atoms with Gasteiger partial charge in [0.05, 0.1) is 11.2 Å². The number of benzene rings is 1. The Bertz CT molecular complexity index is 680. The Balaban J connectivity index is 1.58. The predicted molar refractivity (Wildman–Crippen MR) is 94.2 cm³/mol. The lowest BCUT2D eigenvalue weighted by atomic mass is 9.78. The maximum absolute atomic E-state index is 12.7. The first-order chi connectivity index (χ1) is 11.2. The van der Waals surface area contributed by atoms with Crippen LogP contribution in [0.2, 0.25) is 0 Å². The van der Waals surface area contributed by atoms with Crippen LogP contribution >= 0.6 is 0 Å². The van der Waals surface area contributed by atoms with E-state index in [9.17, 15) is 4.79 Å². The van der Waals surface area contributed by atoms with E-state index in [4.69, 9.17) is 9.31 Å². The number of amides is 1. The predicted octanol–water partition coefficient (Wildman–Crippen LogP) is 2.74. The molecule has 4 nitrogen and oxygen atoms in total. The van der Waals surface area contributed by atoms with E-state index in [-0.39, 0.29) is 24.2 Å². The zero-order valence-corrected chi connectivity index (χ0v) is 15.3. The molecule has 0 spiro atoms. The van der Waals surface area contributed by atoms with E-state index in [1.807, 2.05) is 17.0 Å². The van der Waals surface area contributed by atoms with Gasteiger partial charge >= 0.3 is 7.12 Å². The van der Waals surface area contributed by atoms with Crippen LogP contribution in [0, 0.1) is 5.92 Å². The molecule has 1 saturated carbocycles. The van der Waals surface area contributed by atoms with Gasteiger partial charge < -0.3 is 14.2 Å². The van der Waals surface area contributed by atoms with E-state index in [0.29, 0.717) is 18.5 Å². The summed E-state index contributed by atoms with van der Waals surface area (Å²) in [6.07, 6.45) is 2.50. The van der Waals surface area contributed by atoms with Gasteiger partial charge in [-0.25, -0.2) is 0 Å². The standard InChI is InChI=1S/C19H26BNO3/c1-12(13-6-7-13)21-11-14-10-15(8-9-16(14)17(21)22)20-23-18(2,3)19(4,5)24-20/h8-10,12-13H,6-7,11H2,1-5H3/t12-/m0/s1. The van der Waals surface area contributed by atoms with Crippen LogP contribution in [0.25, 0.3) is 0 Å². The molecule has 0 bridgehead atoms. The molecule has 0 radical (unpaired) electrons. The van der Waals surface area contributed by atoms with Crippen molar-refractivity contribution in [3.8, 4) is 0 Å². The molecule has 1 saturated heterocycles. The van der Waals surface area contributed by atoms with Crippen LogP contribution in [-0.2, 0) is 15.9 Å². The van der Waals surface area contributed by atoms with Gasteiger partial charge in [-0.2, -0.15) is 0 Å². The molecule has 1 aromatic carbocycles. The van der Waals surface area contributed by atoms with Crippen LogP contribution < -0.4 is 5.46 Å². The van der Waals surface area contributed by atoms with E-state index in [0.717, 1.165) is 16.6 Å². The van der Waals surface area contributed by atoms with Crippen molar-refractivity contribution in [1.29, 1.82) is 0 Å². The fourth-order valence-corrected chi connectivity index (χ4v) is 3.65. The number of hydrogen-bond donors (Lipinski definition) is 0. The summed E-state index contributed by atoms with van der Waals surface area (Å²) in [5.41, 5.74) is 2.24. The van der Waals surface area contributed by atoms with E-state index >= 15 is 0 Å². The molecule has 1 aromatic rings. The highest BCUT2D eigenvalue weighted by atomic mass is 16.7. The normalized spacial score (nSPS) is 26.0. The third-order valence-electron chi connectivity index (χ3n) is 6.28. The lowest BCUT2D eigenvalue weighted by Gasteiger charge is -2.32. The summed E-state index contributed by atoms with van der Waals surface area (Å²) in [5.74, 6) is 0.857. The summed E-state index contributed by atoms with van der Waals surface area (Å²) in [6.45, 7) is 11.1. The minimum atomic E-state index is -0.370. The third kappa shape index (κ3) is 2.41. The van der Waals surface area contributed by atoms with Crippen molar-refractivity contribution in [3.63, 3.8) is 0 Å². The zero-order chi connectivity index (χ0) is 17.3. The smallest absolute Gasteiger partial charge is 0.399 e. The molecule has 5 heteroatoms. The summed E-state index contributed by atoms with van der Waals surface area (Å²) >= 11 is 0. The Hall–Kier alpha value is -1.33. The summed E-state index contributed by atoms with van der Waals surface area (Å²) < 4.78 is 12.3. The van der Waals surface area contributed by atoms with Crippen LogP contribution in [0.1, 0.15) is 63.4 Å². The van der Waals surface area contributed by atoms with Crippen molar-refractivity contribution in [1.82, 2.24) is 4.90 Å². The number of carbonyl (C=O) groups excluding carboxylic acids is 1. The number of fused-ring (bicyclic) bond motifs is 1. The monoisotopic (exact) mass is 327 g/mol. The SMILES string of the molecule is C[C@@H](C1CC1)N1Cc2cc(B3OC(C)(C)C(C)(C)O3)ccc2C1=O. The fraction of sp³-hybridized carbons (Fsp3) is 0.632. The van der Waals surface area contributed by atoms with Crippen molar-refractivity contribution in [2.75, 3.05) is 0 Å². The molecule has 2 fully saturated rings. The van der Waals surface area contributed by atoms with Crippen LogP contribution in [0.15, 0.2) is 18.2 Å². The maximum atomic E-state index is 12.7. The highest BCUT2D eigenvalue weighted by Gasteiger charge is 2.52. The third-order valence-corrected chi connectivity index (χ3v) is 6.28. The first-order valence-electron chi connectivity index (χ1n) is 8.99. The Labute approximate surface area is 144 Å². The van der Waals surface area contributed by atoms with Crippen molar-refractivity contribution in [2.45, 2.75) is 71.2 Å². The second kappa shape index (κ2) is 5.09. The summed E-state index contributed by atoms with van der Waals surface area (Å²) in [7, 11) is -0.370. The zero-order valence-electron chi connectivity index (χ0n) is 15.3. The van der Waals surface area contributed by atoms with Gasteiger partial charge in [0.25, 0.3) is 5.91 Å². The van der Waals surface area contributed by atoms with Crippen LogP contribution in [0.5, 0.6) is 0 Å². The van der Waals surface area contributed by atoms with Crippen LogP contribution in [0.4, 0.5) is 0 Å². The van der Waals surface area contributed by atoms with Gasteiger partial charge in [0, 0.05) is 18.2 Å². The minimum absolute atomic E-state index is 0.171. The van der Waals surface area contributed by atoms with Gasteiger partial charge in [0.1, 0.15) is 0 Å². The van der Waals surface area contributed by atoms with E-state index in [1.54, 1.807) is 0 Å². The number of rotatable bonds is 3. The Kier molecular flexibility index (Phi) is 3.43. The molecule has 2 aliphatic heterocycles. The average molecular weight is 327 g/mol. The van der Waals surface area contributed by atoms with Gasteiger partial charge in [-0.05, 0) is 70.5 Å². The average Bonchev–Trinajstić information content (AvgIpc) is 3.26. The number of nitrogens with zero attached hydrogens (tertiary/aromatic N) is 1. The molecule has 2 heterocycles. The van der Waals surface area contributed by atoms with Crippen molar-refractivity contribution in [2.24, 2.45) is 5.92 Å². The molecule has 0 N–H and O–H groups in total. The fourth-order valence-electron chi connectivity index (χ4n) is 3.65. The molecule has 128 valence electrons. The van der Waals surface area contributed by atoms with E-state index in [2.05, 4.69) is 40.7 Å². The molecular weight excluding hydrogens is 301 g/mol. The lowest BCUT2D eigenvalue weighted by Crippen LogP contribution is -2.41. The molecule has 4 rings (SSSR count). The second-order valence-electron chi connectivity index (χ2n) is 8.52. The van der Waals surface area contributed by atoms with Gasteiger partial charge in [0.2, 0.25) is 0 Å². The topological polar surface area (TPSA) is 38.8 Å². The number of carbonyl (C=O) groups is 1. The van der Waals surface area contributed by atoms with Gasteiger partial charge in [-0.15, -0.1) is 0 Å². The number of hydrogen-bond acceptors (Lipinski definition) is 3. The molecule has 3 aliphatic rings. The molecule has 0 unspecified atom stereocenters. The summed E-state index contributed by atoms with van der Waals surface area (Å²) in [5, 5.41) is 0.